The molecule has 0 radical (unpaired) electrons. The van der Waals surface area contributed by atoms with Gasteiger partial charge in [0.25, 0.3) is 0 Å². The molecular weight excluding hydrogens is 260 g/mol. The second-order valence-corrected chi connectivity index (χ2v) is 4.69. The van der Waals surface area contributed by atoms with Gasteiger partial charge < -0.3 is 20.1 Å². The number of nitrogens with zero attached hydrogens (tertiary/aromatic N) is 1. The van der Waals surface area contributed by atoms with Crippen molar-refractivity contribution in [3.05, 3.63) is 29.8 Å². The number of hydrogen-bond donors (Lipinski definition) is 2. The number of rotatable bonds is 7. The van der Waals surface area contributed by atoms with Crippen molar-refractivity contribution in [1.29, 1.82) is 0 Å². The monoisotopic (exact) mass is 280 g/mol. The highest BCUT2D eigenvalue weighted by molar-refractivity contribution is 5.77. The fraction of sp³-hybridized carbons (Fsp3) is 0.429. The zero-order valence-corrected chi connectivity index (χ0v) is 11.8. The van der Waals surface area contributed by atoms with Crippen molar-refractivity contribution < 1.29 is 19.4 Å². The molecule has 1 aromatic rings. The van der Waals surface area contributed by atoms with Crippen LogP contribution in [0.4, 0.5) is 4.79 Å². The van der Waals surface area contributed by atoms with Crippen molar-refractivity contribution in [2.45, 2.75) is 12.8 Å². The first kappa shape index (κ1) is 16.0. The van der Waals surface area contributed by atoms with Crippen LogP contribution in [0.15, 0.2) is 24.3 Å². The van der Waals surface area contributed by atoms with E-state index in [0.29, 0.717) is 5.75 Å². The smallest absolute Gasteiger partial charge is 0.413 e. The van der Waals surface area contributed by atoms with Gasteiger partial charge in [-0.15, -0.1) is 0 Å². The third-order valence-corrected chi connectivity index (χ3v) is 2.56. The molecule has 1 amide bonds. The number of hydrogen-bond acceptors (Lipinski definition) is 4. The maximum absolute atomic E-state index is 11.3. The van der Waals surface area contributed by atoms with E-state index in [9.17, 15) is 9.59 Å². The van der Waals surface area contributed by atoms with Gasteiger partial charge in [0.1, 0.15) is 12.3 Å². The van der Waals surface area contributed by atoms with Crippen molar-refractivity contribution >= 4 is 12.1 Å². The van der Waals surface area contributed by atoms with Crippen molar-refractivity contribution in [2.75, 3.05) is 27.2 Å². The molecule has 2 N–H and O–H groups in total. The molecule has 0 saturated heterocycles. The van der Waals surface area contributed by atoms with Gasteiger partial charge in [0.05, 0.1) is 0 Å². The van der Waals surface area contributed by atoms with E-state index >= 15 is 0 Å². The minimum atomic E-state index is -1.11. The molecule has 6 nitrogen and oxygen atoms in total. The fourth-order valence-corrected chi connectivity index (χ4v) is 1.65. The van der Waals surface area contributed by atoms with E-state index in [1.807, 2.05) is 26.2 Å². The number of amides is 1. The first-order valence-corrected chi connectivity index (χ1v) is 6.38. The van der Waals surface area contributed by atoms with Crippen molar-refractivity contribution in [3.8, 4) is 5.75 Å². The highest BCUT2D eigenvalue weighted by Crippen LogP contribution is 2.14. The molecule has 0 fully saturated rings. The third-order valence-electron chi connectivity index (χ3n) is 2.56. The maximum atomic E-state index is 11.3. The first-order chi connectivity index (χ1) is 9.47. The predicted octanol–water partition coefficient (Wildman–Crippen LogP) is 1.35. The zero-order valence-electron chi connectivity index (χ0n) is 11.8. The standard InChI is InChI=1S/C14H20N2O4/c1-16(2)8-4-6-11-5-3-7-12(9-11)20-14(19)15-10-13(17)18/h3,5,7,9H,4,6,8,10H2,1-2H3,(H,15,19)(H,17,18). The van der Waals surface area contributed by atoms with Crippen molar-refractivity contribution in [2.24, 2.45) is 0 Å². The van der Waals surface area contributed by atoms with Gasteiger partial charge in [-0.2, -0.15) is 0 Å². The Morgan fingerprint density at radius 1 is 1.35 bits per heavy atom. The topological polar surface area (TPSA) is 78.9 Å². The number of aliphatic carboxylic acids is 1. The predicted molar refractivity (Wildman–Crippen MR) is 75.0 cm³/mol. The average molecular weight is 280 g/mol. The van der Waals surface area contributed by atoms with Gasteiger partial charge >= 0.3 is 12.1 Å². The van der Waals surface area contributed by atoms with E-state index in [1.54, 1.807) is 12.1 Å². The summed E-state index contributed by atoms with van der Waals surface area (Å²) in [7, 11) is 4.04. The molecule has 0 unspecified atom stereocenters. The second kappa shape index (κ2) is 8.16. The number of ether oxygens (including phenoxy) is 1. The quantitative estimate of drug-likeness (QED) is 0.788. The Balaban J connectivity index is 2.46. The molecule has 0 atom stereocenters. The van der Waals surface area contributed by atoms with Crippen LogP contribution in [-0.4, -0.2) is 49.3 Å². The van der Waals surface area contributed by atoms with Crippen LogP contribution >= 0.6 is 0 Å². The molecule has 0 aliphatic rings. The molecule has 1 rings (SSSR count). The van der Waals surface area contributed by atoms with Crippen molar-refractivity contribution in [1.82, 2.24) is 10.2 Å². The molecular formula is C14H20N2O4. The van der Waals surface area contributed by atoms with Crippen LogP contribution in [0.2, 0.25) is 0 Å². The van der Waals surface area contributed by atoms with E-state index < -0.39 is 18.6 Å². The van der Waals surface area contributed by atoms with Gasteiger partial charge in [-0.1, -0.05) is 12.1 Å². The summed E-state index contributed by atoms with van der Waals surface area (Å²) in [5.41, 5.74) is 1.08. The lowest BCUT2D eigenvalue weighted by Gasteiger charge is -2.10. The lowest BCUT2D eigenvalue weighted by molar-refractivity contribution is -0.135. The summed E-state index contributed by atoms with van der Waals surface area (Å²) in [6.45, 7) is 0.533. The number of carboxylic acids is 1. The van der Waals surface area contributed by atoms with E-state index in [2.05, 4.69) is 10.2 Å². The highest BCUT2D eigenvalue weighted by atomic mass is 16.6. The van der Waals surface area contributed by atoms with Gasteiger partial charge in [-0.25, -0.2) is 4.79 Å². The molecule has 20 heavy (non-hydrogen) atoms. The van der Waals surface area contributed by atoms with Crippen LogP contribution in [0.3, 0.4) is 0 Å². The number of carboxylic acid groups (broad SMARTS) is 1. The molecule has 110 valence electrons. The lowest BCUT2D eigenvalue weighted by atomic mass is 10.1. The molecule has 0 aliphatic heterocycles. The lowest BCUT2D eigenvalue weighted by Crippen LogP contribution is -2.31. The molecule has 6 heteroatoms. The van der Waals surface area contributed by atoms with E-state index in [-0.39, 0.29) is 0 Å². The van der Waals surface area contributed by atoms with Gasteiger partial charge in [-0.05, 0) is 51.2 Å². The van der Waals surface area contributed by atoms with Gasteiger partial charge in [0, 0.05) is 0 Å². The van der Waals surface area contributed by atoms with Crippen LogP contribution in [-0.2, 0) is 11.2 Å². The minimum Gasteiger partial charge on any atom is -0.480 e. The fourth-order valence-electron chi connectivity index (χ4n) is 1.65. The summed E-state index contributed by atoms with van der Waals surface area (Å²) >= 11 is 0. The first-order valence-electron chi connectivity index (χ1n) is 6.38. The van der Waals surface area contributed by atoms with Crippen LogP contribution in [0.25, 0.3) is 0 Å². The van der Waals surface area contributed by atoms with Crippen LogP contribution in [0.5, 0.6) is 5.75 Å². The SMILES string of the molecule is CN(C)CCCc1cccc(OC(=O)NCC(=O)O)c1. The molecule has 1 aromatic carbocycles. The zero-order chi connectivity index (χ0) is 15.0. The molecule has 0 spiro atoms. The Hall–Kier alpha value is -2.08. The van der Waals surface area contributed by atoms with Gasteiger partial charge in [-0.3, -0.25) is 4.79 Å². The van der Waals surface area contributed by atoms with Gasteiger partial charge in [0.2, 0.25) is 0 Å². The van der Waals surface area contributed by atoms with E-state index in [0.717, 1.165) is 24.9 Å². The largest absolute Gasteiger partial charge is 0.480 e. The molecule has 0 saturated carbocycles. The summed E-state index contributed by atoms with van der Waals surface area (Å²) < 4.78 is 5.01. The summed E-state index contributed by atoms with van der Waals surface area (Å²) in [4.78, 5) is 23.7. The maximum Gasteiger partial charge on any atom is 0.413 e. The molecule has 0 heterocycles. The van der Waals surface area contributed by atoms with Gasteiger partial charge in [0.15, 0.2) is 0 Å². The average Bonchev–Trinajstić information content (AvgIpc) is 2.36. The normalized spacial score (nSPS) is 10.3. The molecule has 0 bridgehead atoms. The highest BCUT2D eigenvalue weighted by Gasteiger charge is 2.06. The van der Waals surface area contributed by atoms with E-state index in [4.69, 9.17) is 9.84 Å². The van der Waals surface area contributed by atoms with Crippen molar-refractivity contribution in [3.63, 3.8) is 0 Å². The van der Waals surface area contributed by atoms with Crippen LogP contribution in [0, 0.1) is 0 Å². The Labute approximate surface area is 118 Å². The van der Waals surface area contributed by atoms with Crippen LogP contribution < -0.4 is 10.1 Å². The number of benzene rings is 1. The Morgan fingerprint density at radius 3 is 2.75 bits per heavy atom. The third kappa shape index (κ3) is 6.75. The number of carbonyl (C=O) groups is 2. The van der Waals surface area contributed by atoms with E-state index in [1.165, 1.54) is 0 Å². The Kier molecular flexibility index (Phi) is 6.52. The Bertz CT molecular complexity index is 460. The molecule has 0 aromatic heterocycles. The summed E-state index contributed by atoms with van der Waals surface area (Å²) in [5, 5.41) is 10.6. The number of aryl methyl sites for hydroxylation is 1. The summed E-state index contributed by atoms with van der Waals surface area (Å²) in [5.74, 6) is -0.699. The second-order valence-electron chi connectivity index (χ2n) is 4.69. The Morgan fingerprint density at radius 2 is 2.10 bits per heavy atom. The number of nitrogens with one attached hydrogen (secondary N) is 1. The minimum absolute atomic E-state index is 0.412. The summed E-state index contributed by atoms with van der Waals surface area (Å²) in [6.07, 6.45) is 1.14. The molecule has 0 aliphatic carbocycles. The number of carbonyl (C=O) groups excluding carboxylic acids is 1. The van der Waals surface area contributed by atoms with Crippen LogP contribution in [0.1, 0.15) is 12.0 Å². The summed E-state index contributed by atoms with van der Waals surface area (Å²) in [6, 6.07) is 7.23.